The minimum atomic E-state index is -0.0752. The summed E-state index contributed by atoms with van der Waals surface area (Å²) in [5.41, 5.74) is 11.0. The van der Waals surface area contributed by atoms with Gasteiger partial charge in [-0.05, 0) is 30.0 Å². The number of benzene rings is 1. The lowest BCUT2D eigenvalue weighted by molar-refractivity contribution is -0.373. The van der Waals surface area contributed by atoms with Crippen LogP contribution in [0.2, 0.25) is 0 Å². The van der Waals surface area contributed by atoms with Gasteiger partial charge >= 0.3 is 5.56 Å². The third kappa shape index (κ3) is 4.23. The van der Waals surface area contributed by atoms with Gasteiger partial charge in [-0.1, -0.05) is 36.8 Å². The molecule has 0 spiro atoms. The maximum atomic E-state index is 12.1. The maximum absolute atomic E-state index is 12.1. The highest BCUT2D eigenvalue weighted by atomic mass is 32.2. The standard InChI is InChI=1S/C22H20N4OS2.CH4O/c1-26-12-24-16(11-18(26)27)17-10-15(13-6-3-2-4-7-13)19-20(23)22(29-21(19)25-17)28-14-8-5-9-14;1-2/h2-4,6-7,10-12,14H,5,8-9,23H2,1H3;2H,1H3/p+1. The molecule has 1 saturated carbocycles. The lowest BCUT2D eigenvalue weighted by Crippen LogP contribution is -2.23. The van der Waals surface area contributed by atoms with Crippen molar-refractivity contribution in [1.29, 1.82) is 0 Å². The van der Waals surface area contributed by atoms with Crippen molar-refractivity contribution in [3.05, 3.63) is 59.1 Å². The number of pyridine rings is 1. The van der Waals surface area contributed by atoms with E-state index in [1.54, 1.807) is 30.8 Å². The Hall–Kier alpha value is -2.68. The molecule has 1 fully saturated rings. The van der Waals surface area contributed by atoms with Gasteiger partial charge in [0.2, 0.25) is 6.33 Å². The van der Waals surface area contributed by atoms with Crippen LogP contribution in [0.5, 0.6) is 0 Å². The second-order valence-electron chi connectivity index (χ2n) is 7.36. The highest BCUT2D eigenvalue weighted by Crippen LogP contribution is 2.48. The van der Waals surface area contributed by atoms with Gasteiger partial charge < -0.3 is 10.8 Å². The number of H-pyrrole nitrogens is 1. The number of nitrogens with zero attached hydrogens (tertiary/aromatic N) is 2. The molecule has 8 heteroatoms. The number of thioether (sulfide) groups is 1. The average Bonchev–Trinajstić information content (AvgIpc) is 3.09. The quantitative estimate of drug-likeness (QED) is 0.487. The first-order valence-corrected chi connectivity index (χ1v) is 11.8. The van der Waals surface area contributed by atoms with Crippen LogP contribution in [0.1, 0.15) is 19.3 Å². The lowest BCUT2D eigenvalue weighted by atomic mass is 10.00. The molecule has 0 atom stereocenters. The van der Waals surface area contributed by atoms with Gasteiger partial charge in [0.05, 0.1) is 23.0 Å². The van der Waals surface area contributed by atoms with E-state index in [1.807, 2.05) is 36.0 Å². The SMILES string of the molecule is CO.Cn1c[nH+]c(-c2cc(-c3ccccc3)c3c(N)c(SC4CCC4)sc3n2)cc1=O. The number of rotatable bonds is 4. The zero-order chi connectivity index (χ0) is 22.0. The normalized spacial score (nSPS) is 13.5. The predicted molar refractivity (Wildman–Crippen MR) is 128 cm³/mol. The van der Waals surface area contributed by atoms with Gasteiger partial charge in [-0.15, -0.1) is 23.1 Å². The zero-order valence-electron chi connectivity index (χ0n) is 17.5. The Labute approximate surface area is 188 Å². The summed E-state index contributed by atoms with van der Waals surface area (Å²) in [6.07, 6.45) is 5.47. The van der Waals surface area contributed by atoms with E-state index in [-0.39, 0.29) is 5.56 Å². The molecule has 0 amide bonds. The van der Waals surface area contributed by atoms with Gasteiger partial charge in [-0.3, -0.25) is 0 Å². The minimum Gasteiger partial charge on any atom is -0.400 e. The molecule has 0 bridgehead atoms. The van der Waals surface area contributed by atoms with Crippen LogP contribution in [-0.2, 0) is 7.05 Å². The van der Waals surface area contributed by atoms with E-state index < -0.39 is 0 Å². The second kappa shape index (κ2) is 9.21. The molecule has 0 aliphatic heterocycles. The first-order chi connectivity index (χ1) is 15.1. The highest BCUT2D eigenvalue weighted by Gasteiger charge is 2.24. The molecule has 4 aromatic rings. The number of hydrogen-bond acceptors (Lipinski definition) is 6. The molecule has 6 nitrogen and oxygen atoms in total. The maximum Gasteiger partial charge on any atom is 0.337 e. The summed E-state index contributed by atoms with van der Waals surface area (Å²) in [5, 5.41) is 8.67. The van der Waals surface area contributed by atoms with Crippen molar-refractivity contribution in [2.24, 2.45) is 7.05 Å². The van der Waals surface area contributed by atoms with E-state index in [0.717, 1.165) is 44.0 Å². The Kier molecular flexibility index (Phi) is 6.41. The van der Waals surface area contributed by atoms with Crippen LogP contribution in [0, 0.1) is 0 Å². The van der Waals surface area contributed by atoms with Gasteiger partial charge in [0.25, 0.3) is 0 Å². The summed E-state index contributed by atoms with van der Waals surface area (Å²) >= 11 is 3.54. The number of thiophene rings is 1. The average molecular weight is 454 g/mol. The number of hydrogen-bond donors (Lipinski definition) is 2. The fourth-order valence-corrected chi connectivity index (χ4v) is 6.25. The molecule has 1 aliphatic rings. The topological polar surface area (TPSA) is 95.3 Å². The fourth-order valence-electron chi connectivity index (χ4n) is 3.46. The van der Waals surface area contributed by atoms with Crippen LogP contribution in [0.15, 0.2) is 57.8 Å². The molecule has 1 aliphatic carbocycles. The number of nitrogens with one attached hydrogen (secondary N) is 1. The number of aromatic nitrogens is 3. The first-order valence-electron chi connectivity index (χ1n) is 10.1. The van der Waals surface area contributed by atoms with E-state index in [9.17, 15) is 4.79 Å². The number of aromatic amines is 1. The summed E-state index contributed by atoms with van der Waals surface area (Å²) in [5.74, 6) is 0. The molecule has 5 rings (SSSR count). The van der Waals surface area contributed by atoms with Crippen LogP contribution in [0.3, 0.4) is 0 Å². The molecular weight excluding hydrogens is 428 g/mol. The molecule has 4 N–H and O–H groups in total. The molecule has 0 radical (unpaired) electrons. The van der Waals surface area contributed by atoms with Gasteiger partial charge in [-0.25, -0.2) is 19.3 Å². The van der Waals surface area contributed by atoms with Crippen LogP contribution in [0.4, 0.5) is 5.69 Å². The van der Waals surface area contributed by atoms with Crippen molar-refractivity contribution in [3.8, 4) is 22.5 Å². The summed E-state index contributed by atoms with van der Waals surface area (Å²) in [6.45, 7) is 0. The molecule has 0 unspecified atom stereocenters. The number of nitrogen functional groups attached to an aromatic ring is 1. The molecular formula is C23H25N4O2S2+. The first kappa shape index (κ1) is 21.5. The Bertz CT molecular complexity index is 1260. The number of fused-ring (bicyclic) bond motifs is 1. The summed E-state index contributed by atoms with van der Waals surface area (Å²) in [7, 11) is 2.72. The summed E-state index contributed by atoms with van der Waals surface area (Å²) < 4.78 is 2.66. The highest BCUT2D eigenvalue weighted by molar-refractivity contribution is 8.02. The van der Waals surface area contributed by atoms with E-state index in [0.29, 0.717) is 10.9 Å². The molecule has 1 aromatic carbocycles. The van der Waals surface area contributed by atoms with Gasteiger partial charge in [0, 0.05) is 17.7 Å². The predicted octanol–water partition coefficient (Wildman–Crippen LogP) is 3.98. The molecule has 0 saturated heterocycles. The third-order valence-electron chi connectivity index (χ3n) is 5.38. The second-order valence-corrected chi connectivity index (χ2v) is 9.92. The number of aliphatic hydroxyl groups excluding tert-OH is 1. The number of aliphatic hydroxyl groups is 1. The molecule has 160 valence electrons. The smallest absolute Gasteiger partial charge is 0.337 e. The van der Waals surface area contributed by atoms with Crippen LogP contribution in [-0.4, -0.2) is 27.0 Å². The Morgan fingerprint density at radius 2 is 1.97 bits per heavy atom. The van der Waals surface area contributed by atoms with E-state index in [2.05, 4.69) is 17.1 Å². The third-order valence-corrected chi connectivity index (χ3v) is 8.05. The van der Waals surface area contributed by atoms with Gasteiger partial charge in [0.1, 0.15) is 10.5 Å². The number of anilines is 1. The van der Waals surface area contributed by atoms with Crippen LogP contribution in [0.25, 0.3) is 32.7 Å². The number of nitrogens with two attached hydrogens (primary N) is 1. The van der Waals surface area contributed by atoms with Crippen molar-refractivity contribution >= 4 is 39.0 Å². The number of aryl methyl sites for hydroxylation is 1. The lowest BCUT2D eigenvalue weighted by Gasteiger charge is -2.23. The van der Waals surface area contributed by atoms with E-state index >= 15 is 0 Å². The van der Waals surface area contributed by atoms with E-state index in [1.165, 1.54) is 23.8 Å². The van der Waals surface area contributed by atoms with E-state index in [4.69, 9.17) is 15.8 Å². The van der Waals surface area contributed by atoms with Crippen LogP contribution >= 0.6 is 23.1 Å². The van der Waals surface area contributed by atoms with Gasteiger partial charge in [0.15, 0.2) is 5.69 Å². The monoisotopic (exact) mass is 453 g/mol. The Balaban J connectivity index is 0.00000112. The summed E-state index contributed by atoms with van der Waals surface area (Å²) in [4.78, 5) is 21.1. The molecule has 3 aromatic heterocycles. The largest absolute Gasteiger partial charge is 0.400 e. The van der Waals surface area contributed by atoms with Gasteiger partial charge in [-0.2, -0.15) is 0 Å². The van der Waals surface area contributed by atoms with Crippen molar-refractivity contribution in [2.45, 2.75) is 28.7 Å². The Morgan fingerprint density at radius 1 is 1.23 bits per heavy atom. The van der Waals surface area contributed by atoms with Crippen molar-refractivity contribution in [3.63, 3.8) is 0 Å². The van der Waals surface area contributed by atoms with Crippen LogP contribution < -0.4 is 16.3 Å². The van der Waals surface area contributed by atoms with Crippen molar-refractivity contribution in [2.75, 3.05) is 12.8 Å². The fraction of sp³-hybridized carbons (Fsp3) is 0.261. The molecule has 3 heterocycles. The molecule has 31 heavy (non-hydrogen) atoms. The minimum absolute atomic E-state index is 0.0752. The Morgan fingerprint density at radius 3 is 2.61 bits per heavy atom. The van der Waals surface area contributed by atoms with Crippen molar-refractivity contribution in [1.82, 2.24) is 9.55 Å². The zero-order valence-corrected chi connectivity index (χ0v) is 19.1. The summed E-state index contributed by atoms with van der Waals surface area (Å²) in [6, 6.07) is 13.8. The van der Waals surface area contributed by atoms with Crippen molar-refractivity contribution < 1.29 is 10.1 Å².